The van der Waals surface area contributed by atoms with Crippen molar-refractivity contribution in [1.82, 2.24) is 0 Å². The van der Waals surface area contributed by atoms with E-state index in [-0.39, 0.29) is 5.92 Å². The van der Waals surface area contributed by atoms with E-state index in [1.807, 2.05) is 0 Å². The summed E-state index contributed by atoms with van der Waals surface area (Å²) in [7, 11) is 0. The molecule has 1 fully saturated rings. The van der Waals surface area contributed by atoms with E-state index in [9.17, 15) is 8.78 Å². The first-order valence-corrected chi connectivity index (χ1v) is 6.37. The third-order valence-corrected chi connectivity index (χ3v) is 3.82. The van der Waals surface area contributed by atoms with Gasteiger partial charge in [-0.2, -0.15) is 0 Å². The van der Waals surface area contributed by atoms with E-state index in [4.69, 9.17) is 5.73 Å². The molecule has 0 saturated heterocycles. The minimum Gasteiger partial charge on any atom is -0.330 e. The summed E-state index contributed by atoms with van der Waals surface area (Å²) in [5.41, 5.74) is 6.43. The minimum absolute atomic E-state index is 0.156. The molecule has 1 aromatic carbocycles. The van der Waals surface area contributed by atoms with Crippen LogP contribution >= 0.6 is 0 Å². The van der Waals surface area contributed by atoms with Gasteiger partial charge < -0.3 is 5.73 Å². The van der Waals surface area contributed by atoms with E-state index in [0.717, 1.165) is 25.3 Å². The summed E-state index contributed by atoms with van der Waals surface area (Å²) in [6.45, 7) is 0.585. The maximum atomic E-state index is 13.8. The monoisotopic (exact) mass is 239 g/mol. The highest BCUT2D eigenvalue weighted by Crippen LogP contribution is 2.37. The summed E-state index contributed by atoms with van der Waals surface area (Å²) in [6, 6.07) is 3.91. The Labute approximate surface area is 101 Å². The lowest BCUT2D eigenvalue weighted by Gasteiger charge is -2.24. The number of halogens is 2. The molecule has 0 aromatic heterocycles. The maximum Gasteiger partial charge on any atom is 0.129 e. The third-order valence-electron chi connectivity index (χ3n) is 3.82. The van der Waals surface area contributed by atoms with Crippen molar-refractivity contribution < 1.29 is 8.78 Å². The van der Waals surface area contributed by atoms with Gasteiger partial charge in [0, 0.05) is 6.07 Å². The molecule has 94 valence electrons. The second-order valence-corrected chi connectivity index (χ2v) is 4.91. The van der Waals surface area contributed by atoms with Crippen molar-refractivity contribution in [1.29, 1.82) is 0 Å². The van der Waals surface area contributed by atoms with E-state index >= 15 is 0 Å². The second kappa shape index (κ2) is 5.58. The van der Waals surface area contributed by atoms with Gasteiger partial charge in [-0.3, -0.25) is 0 Å². The molecule has 2 unspecified atom stereocenters. The van der Waals surface area contributed by atoms with Crippen molar-refractivity contribution in [3.05, 3.63) is 35.4 Å². The molecule has 1 aromatic rings. The summed E-state index contributed by atoms with van der Waals surface area (Å²) >= 11 is 0. The quantitative estimate of drug-likeness (QED) is 0.784. The molecule has 0 radical (unpaired) electrons. The molecule has 1 nitrogen and oxygen atoms in total. The Balaban J connectivity index is 2.28. The standard InChI is InChI=1S/C14H19F2N/c15-11-6-7-13(14(16)8-11)12-5-3-1-2-4-10(12)9-17/h6-8,10,12H,1-5,9,17H2. The van der Waals surface area contributed by atoms with Crippen LogP contribution < -0.4 is 5.73 Å². The maximum absolute atomic E-state index is 13.8. The van der Waals surface area contributed by atoms with Gasteiger partial charge in [-0.15, -0.1) is 0 Å². The Bertz CT molecular complexity index is 378. The average Bonchev–Trinajstić information content (AvgIpc) is 2.54. The Morgan fingerprint density at radius 1 is 1.12 bits per heavy atom. The van der Waals surface area contributed by atoms with Gasteiger partial charge in [-0.25, -0.2) is 8.78 Å². The normalized spacial score (nSPS) is 25.6. The van der Waals surface area contributed by atoms with E-state index < -0.39 is 11.6 Å². The lowest BCUT2D eigenvalue weighted by molar-refractivity contribution is 0.395. The Morgan fingerprint density at radius 3 is 2.59 bits per heavy atom. The lowest BCUT2D eigenvalue weighted by atomic mass is 9.82. The molecule has 0 heterocycles. The predicted octanol–water partition coefficient (Wildman–Crippen LogP) is 3.59. The highest BCUT2D eigenvalue weighted by atomic mass is 19.1. The Kier molecular flexibility index (Phi) is 4.11. The molecular weight excluding hydrogens is 220 g/mol. The van der Waals surface area contributed by atoms with Crippen LogP contribution in [0.25, 0.3) is 0 Å². The van der Waals surface area contributed by atoms with Crippen molar-refractivity contribution in [2.45, 2.75) is 38.0 Å². The zero-order chi connectivity index (χ0) is 12.3. The first-order chi connectivity index (χ1) is 8.22. The van der Waals surface area contributed by atoms with Crippen LogP contribution in [0.3, 0.4) is 0 Å². The Hall–Kier alpha value is -0.960. The zero-order valence-corrected chi connectivity index (χ0v) is 9.96. The van der Waals surface area contributed by atoms with Gasteiger partial charge in [0.25, 0.3) is 0 Å². The molecule has 0 spiro atoms. The van der Waals surface area contributed by atoms with Crippen molar-refractivity contribution in [3.8, 4) is 0 Å². The smallest absolute Gasteiger partial charge is 0.129 e. The molecule has 17 heavy (non-hydrogen) atoms. The largest absolute Gasteiger partial charge is 0.330 e. The van der Waals surface area contributed by atoms with Crippen molar-refractivity contribution in [2.75, 3.05) is 6.54 Å². The van der Waals surface area contributed by atoms with Crippen molar-refractivity contribution in [3.63, 3.8) is 0 Å². The van der Waals surface area contributed by atoms with E-state index in [1.54, 1.807) is 6.07 Å². The predicted molar refractivity (Wildman–Crippen MR) is 64.7 cm³/mol. The summed E-state index contributed by atoms with van der Waals surface area (Å²) in [5.74, 6) is -0.444. The number of nitrogens with two attached hydrogens (primary N) is 1. The topological polar surface area (TPSA) is 26.0 Å². The average molecular weight is 239 g/mol. The highest BCUT2D eigenvalue weighted by Gasteiger charge is 2.26. The number of hydrogen-bond donors (Lipinski definition) is 1. The first-order valence-electron chi connectivity index (χ1n) is 6.37. The molecule has 1 aliphatic rings. The molecule has 0 amide bonds. The van der Waals surface area contributed by atoms with Crippen LogP contribution in [0.15, 0.2) is 18.2 Å². The number of hydrogen-bond acceptors (Lipinski definition) is 1. The van der Waals surface area contributed by atoms with Crippen LogP contribution in [0.4, 0.5) is 8.78 Å². The lowest BCUT2D eigenvalue weighted by Crippen LogP contribution is -2.22. The van der Waals surface area contributed by atoms with Gasteiger partial charge in [-0.1, -0.05) is 25.3 Å². The molecule has 0 bridgehead atoms. The van der Waals surface area contributed by atoms with Gasteiger partial charge in [0.2, 0.25) is 0 Å². The van der Waals surface area contributed by atoms with Gasteiger partial charge in [0.1, 0.15) is 11.6 Å². The zero-order valence-electron chi connectivity index (χ0n) is 9.96. The SMILES string of the molecule is NCC1CCCCCC1c1ccc(F)cc1F. The summed E-state index contributed by atoms with van der Waals surface area (Å²) < 4.78 is 26.7. The van der Waals surface area contributed by atoms with Crippen molar-refractivity contribution >= 4 is 0 Å². The van der Waals surface area contributed by atoms with Gasteiger partial charge in [0.15, 0.2) is 0 Å². The highest BCUT2D eigenvalue weighted by molar-refractivity contribution is 5.23. The van der Waals surface area contributed by atoms with Crippen LogP contribution in [0, 0.1) is 17.6 Å². The minimum atomic E-state index is -0.510. The fraction of sp³-hybridized carbons (Fsp3) is 0.571. The molecule has 2 rings (SSSR count). The fourth-order valence-corrected chi connectivity index (χ4v) is 2.88. The van der Waals surface area contributed by atoms with Crippen LogP contribution in [0.5, 0.6) is 0 Å². The van der Waals surface area contributed by atoms with Gasteiger partial charge in [0.05, 0.1) is 0 Å². The van der Waals surface area contributed by atoms with E-state index in [1.165, 1.54) is 18.9 Å². The summed E-state index contributed by atoms with van der Waals surface area (Å²) in [6.07, 6.45) is 5.48. The van der Waals surface area contributed by atoms with Crippen LogP contribution in [0.2, 0.25) is 0 Å². The molecular formula is C14H19F2N. The van der Waals surface area contributed by atoms with Crippen molar-refractivity contribution in [2.24, 2.45) is 11.7 Å². The summed E-state index contributed by atoms with van der Waals surface area (Å²) in [5, 5.41) is 0. The fourth-order valence-electron chi connectivity index (χ4n) is 2.88. The number of benzene rings is 1. The molecule has 3 heteroatoms. The van der Waals surface area contributed by atoms with Crippen LogP contribution in [0.1, 0.15) is 43.6 Å². The summed E-state index contributed by atoms with van der Waals surface area (Å²) in [4.78, 5) is 0. The van der Waals surface area contributed by atoms with Gasteiger partial charge in [-0.05, 0) is 42.9 Å². The Morgan fingerprint density at radius 2 is 1.88 bits per heavy atom. The molecule has 1 aliphatic carbocycles. The number of rotatable bonds is 2. The van der Waals surface area contributed by atoms with Crippen LogP contribution in [-0.4, -0.2) is 6.54 Å². The van der Waals surface area contributed by atoms with E-state index in [0.29, 0.717) is 18.0 Å². The third kappa shape index (κ3) is 2.83. The molecule has 2 atom stereocenters. The molecule has 1 saturated carbocycles. The van der Waals surface area contributed by atoms with E-state index in [2.05, 4.69) is 0 Å². The van der Waals surface area contributed by atoms with Crippen LogP contribution in [-0.2, 0) is 0 Å². The first kappa shape index (κ1) is 12.5. The van der Waals surface area contributed by atoms with Gasteiger partial charge >= 0.3 is 0 Å². The molecule has 2 N–H and O–H groups in total. The molecule has 0 aliphatic heterocycles. The second-order valence-electron chi connectivity index (χ2n) is 4.91.